The summed E-state index contributed by atoms with van der Waals surface area (Å²) in [6.07, 6.45) is 11.8. The van der Waals surface area contributed by atoms with Crippen LogP contribution in [0.3, 0.4) is 0 Å². The molecule has 0 atom stereocenters. The summed E-state index contributed by atoms with van der Waals surface area (Å²) in [5.74, 6) is 1.88. The van der Waals surface area contributed by atoms with Crippen molar-refractivity contribution < 1.29 is 0 Å². The normalized spacial score (nSPS) is 17.6. The molecule has 3 nitrogen and oxygen atoms in total. The van der Waals surface area contributed by atoms with Crippen LogP contribution in [-0.4, -0.2) is 16.5 Å². The first-order valence-corrected chi connectivity index (χ1v) is 5.95. The molecule has 1 aliphatic rings. The zero-order valence-corrected chi connectivity index (χ0v) is 9.15. The van der Waals surface area contributed by atoms with Gasteiger partial charge in [0.15, 0.2) is 0 Å². The molecule has 3 heteroatoms. The van der Waals surface area contributed by atoms with Crippen molar-refractivity contribution in [1.29, 1.82) is 0 Å². The molecule has 1 heterocycles. The predicted molar refractivity (Wildman–Crippen MR) is 61.7 cm³/mol. The van der Waals surface area contributed by atoms with E-state index in [1.54, 1.807) is 12.5 Å². The highest BCUT2D eigenvalue weighted by Crippen LogP contribution is 2.25. The number of nitrogens with zero attached hydrogens (tertiary/aromatic N) is 2. The van der Waals surface area contributed by atoms with E-state index in [9.17, 15) is 0 Å². The number of hydrogen-bond acceptors (Lipinski definition) is 3. The van der Waals surface area contributed by atoms with Gasteiger partial charge in [0.05, 0.1) is 0 Å². The van der Waals surface area contributed by atoms with Crippen LogP contribution >= 0.6 is 0 Å². The third-order valence-electron chi connectivity index (χ3n) is 3.17. The Morgan fingerprint density at radius 1 is 1.27 bits per heavy atom. The van der Waals surface area contributed by atoms with E-state index in [1.807, 2.05) is 6.07 Å². The molecule has 2 rings (SSSR count). The minimum absolute atomic E-state index is 0.938. The van der Waals surface area contributed by atoms with Crippen molar-refractivity contribution in [2.45, 2.75) is 38.5 Å². The lowest BCUT2D eigenvalue weighted by Crippen LogP contribution is -2.12. The summed E-state index contributed by atoms with van der Waals surface area (Å²) in [6, 6.07) is 1.92. The Bertz CT molecular complexity index is 267. The van der Waals surface area contributed by atoms with Gasteiger partial charge in [0.1, 0.15) is 12.1 Å². The lowest BCUT2D eigenvalue weighted by molar-refractivity contribution is 0.345. The van der Waals surface area contributed by atoms with Crippen molar-refractivity contribution >= 4 is 5.82 Å². The fourth-order valence-electron chi connectivity index (χ4n) is 2.28. The van der Waals surface area contributed by atoms with E-state index >= 15 is 0 Å². The van der Waals surface area contributed by atoms with Gasteiger partial charge >= 0.3 is 0 Å². The number of aromatic nitrogens is 2. The summed E-state index contributed by atoms with van der Waals surface area (Å²) >= 11 is 0. The van der Waals surface area contributed by atoms with E-state index < -0.39 is 0 Å². The smallest absolute Gasteiger partial charge is 0.129 e. The van der Waals surface area contributed by atoms with Gasteiger partial charge in [-0.2, -0.15) is 0 Å². The summed E-state index contributed by atoms with van der Waals surface area (Å²) in [5.41, 5.74) is 0. The molecule has 1 fully saturated rings. The summed E-state index contributed by atoms with van der Waals surface area (Å²) in [6.45, 7) is 1.04. The Labute approximate surface area is 91.3 Å². The van der Waals surface area contributed by atoms with Gasteiger partial charge in [-0.05, 0) is 18.4 Å². The quantitative estimate of drug-likeness (QED) is 0.821. The minimum atomic E-state index is 0.938. The summed E-state index contributed by atoms with van der Waals surface area (Å²) in [7, 11) is 0. The van der Waals surface area contributed by atoms with E-state index in [4.69, 9.17) is 0 Å². The molecule has 0 aliphatic heterocycles. The van der Waals surface area contributed by atoms with E-state index in [1.165, 1.54) is 38.5 Å². The van der Waals surface area contributed by atoms with Gasteiger partial charge in [0.25, 0.3) is 0 Å². The molecule has 1 N–H and O–H groups in total. The molecule has 82 valence electrons. The Hall–Kier alpha value is -1.12. The maximum Gasteiger partial charge on any atom is 0.129 e. The number of rotatable bonds is 4. The summed E-state index contributed by atoms with van der Waals surface area (Å²) in [4.78, 5) is 8.03. The second-order valence-electron chi connectivity index (χ2n) is 4.31. The van der Waals surface area contributed by atoms with Crippen molar-refractivity contribution in [3.8, 4) is 0 Å². The monoisotopic (exact) mass is 205 g/mol. The Balaban J connectivity index is 1.66. The molecule has 0 aromatic carbocycles. The van der Waals surface area contributed by atoms with Crippen LogP contribution in [-0.2, 0) is 0 Å². The lowest BCUT2D eigenvalue weighted by atomic mass is 9.87. The van der Waals surface area contributed by atoms with Crippen LogP contribution in [0.15, 0.2) is 18.6 Å². The van der Waals surface area contributed by atoms with Gasteiger partial charge in [0, 0.05) is 12.7 Å². The third-order valence-corrected chi connectivity index (χ3v) is 3.17. The molecule has 0 spiro atoms. The summed E-state index contributed by atoms with van der Waals surface area (Å²) < 4.78 is 0. The van der Waals surface area contributed by atoms with Crippen molar-refractivity contribution in [2.24, 2.45) is 5.92 Å². The molecule has 0 saturated heterocycles. The van der Waals surface area contributed by atoms with Crippen LogP contribution in [0.25, 0.3) is 0 Å². The predicted octanol–water partition coefficient (Wildman–Crippen LogP) is 2.86. The fraction of sp³-hybridized carbons (Fsp3) is 0.667. The SMILES string of the molecule is c1cc(NCCC2CCCCC2)ncn1. The van der Waals surface area contributed by atoms with Crippen LogP contribution in [0.5, 0.6) is 0 Å². The Kier molecular flexibility index (Phi) is 3.94. The molecular weight excluding hydrogens is 186 g/mol. The summed E-state index contributed by atoms with van der Waals surface area (Å²) in [5, 5.41) is 3.34. The highest BCUT2D eigenvalue weighted by Gasteiger charge is 2.12. The minimum Gasteiger partial charge on any atom is -0.370 e. The molecule has 0 radical (unpaired) electrons. The number of nitrogens with one attached hydrogen (secondary N) is 1. The maximum atomic E-state index is 4.14. The van der Waals surface area contributed by atoms with E-state index in [0.29, 0.717) is 0 Å². The topological polar surface area (TPSA) is 37.8 Å². The molecule has 0 bridgehead atoms. The first-order chi connectivity index (χ1) is 7.45. The van der Waals surface area contributed by atoms with Crippen molar-refractivity contribution in [3.63, 3.8) is 0 Å². The fourth-order valence-corrected chi connectivity index (χ4v) is 2.28. The van der Waals surface area contributed by atoms with E-state index in [0.717, 1.165) is 18.3 Å². The van der Waals surface area contributed by atoms with Gasteiger partial charge < -0.3 is 5.32 Å². The van der Waals surface area contributed by atoms with Crippen LogP contribution in [0.2, 0.25) is 0 Å². The molecule has 0 amide bonds. The van der Waals surface area contributed by atoms with Crippen LogP contribution < -0.4 is 5.32 Å². The largest absolute Gasteiger partial charge is 0.370 e. The number of hydrogen-bond donors (Lipinski definition) is 1. The average Bonchev–Trinajstić information content (AvgIpc) is 2.32. The van der Waals surface area contributed by atoms with Gasteiger partial charge in [0.2, 0.25) is 0 Å². The van der Waals surface area contributed by atoms with Crippen LogP contribution in [0.1, 0.15) is 38.5 Å². The molecular formula is C12H19N3. The zero-order valence-electron chi connectivity index (χ0n) is 9.15. The average molecular weight is 205 g/mol. The molecule has 0 unspecified atom stereocenters. The Morgan fingerprint density at radius 3 is 2.87 bits per heavy atom. The highest BCUT2D eigenvalue weighted by molar-refractivity contribution is 5.31. The molecule has 1 aromatic heterocycles. The second kappa shape index (κ2) is 5.69. The van der Waals surface area contributed by atoms with Crippen molar-refractivity contribution in [2.75, 3.05) is 11.9 Å². The molecule has 1 aromatic rings. The standard InChI is InChI=1S/C12H19N3/c1-2-4-11(5-3-1)6-9-14-12-7-8-13-10-15-12/h7-8,10-11H,1-6,9H2,(H,13,14,15). The maximum absolute atomic E-state index is 4.14. The van der Waals surface area contributed by atoms with E-state index in [2.05, 4.69) is 15.3 Å². The van der Waals surface area contributed by atoms with Gasteiger partial charge in [-0.1, -0.05) is 32.1 Å². The van der Waals surface area contributed by atoms with Gasteiger partial charge in [-0.25, -0.2) is 9.97 Å². The lowest BCUT2D eigenvalue weighted by Gasteiger charge is -2.21. The van der Waals surface area contributed by atoms with Gasteiger partial charge in [-0.3, -0.25) is 0 Å². The highest BCUT2D eigenvalue weighted by atomic mass is 15.0. The third kappa shape index (κ3) is 3.50. The molecule has 1 aliphatic carbocycles. The van der Waals surface area contributed by atoms with Crippen LogP contribution in [0, 0.1) is 5.92 Å². The van der Waals surface area contributed by atoms with E-state index in [-0.39, 0.29) is 0 Å². The zero-order chi connectivity index (χ0) is 10.3. The van der Waals surface area contributed by atoms with Gasteiger partial charge in [-0.15, -0.1) is 0 Å². The van der Waals surface area contributed by atoms with Crippen molar-refractivity contribution in [3.05, 3.63) is 18.6 Å². The first kappa shape index (κ1) is 10.4. The number of anilines is 1. The van der Waals surface area contributed by atoms with Crippen molar-refractivity contribution in [1.82, 2.24) is 9.97 Å². The first-order valence-electron chi connectivity index (χ1n) is 5.95. The Morgan fingerprint density at radius 2 is 2.13 bits per heavy atom. The van der Waals surface area contributed by atoms with Crippen LogP contribution in [0.4, 0.5) is 5.82 Å². The molecule has 1 saturated carbocycles. The second-order valence-corrected chi connectivity index (χ2v) is 4.31. The molecule has 15 heavy (non-hydrogen) atoms.